The van der Waals surface area contributed by atoms with Gasteiger partial charge in [0.1, 0.15) is 5.76 Å². The monoisotopic (exact) mass is 435 g/mol. The maximum atomic E-state index is 12.5. The Morgan fingerprint density at radius 1 is 1.17 bits per heavy atom. The molecule has 0 radical (unpaired) electrons. The van der Waals surface area contributed by atoms with E-state index in [9.17, 15) is 18.0 Å². The van der Waals surface area contributed by atoms with Crippen LogP contribution in [0.3, 0.4) is 0 Å². The van der Waals surface area contributed by atoms with Gasteiger partial charge in [0, 0.05) is 24.7 Å². The van der Waals surface area contributed by atoms with E-state index >= 15 is 0 Å². The molecule has 1 fully saturated rings. The number of benzene rings is 1. The Kier molecular flexibility index (Phi) is 7.11. The van der Waals surface area contributed by atoms with Gasteiger partial charge in [-0.1, -0.05) is 0 Å². The Labute approximate surface area is 175 Å². The van der Waals surface area contributed by atoms with Crippen molar-refractivity contribution in [1.82, 2.24) is 14.9 Å². The molecule has 1 saturated heterocycles. The van der Waals surface area contributed by atoms with E-state index in [1.807, 2.05) is 0 Å². The van der Waals surface area contributed by atoms with Crippen LogP contribution in [0.25, 0.3) is 0 Å². The summed E-state index contributed by atoms with van der Waals surface area (Å²) in [6.07, 6.45) is 2.40. The van der Waals surface area contributed by atoms with Gasteiger partial charge in [-0.2, -0.15) is 0 Å². The highest BCUT2D eigenvalue weighted by atomic mass is 32.2. The average Bonchev–Trinajstić information content (AvgIpc) is 3.27. The van der Waals surface area contributed by atoms with Gasteiger partial charge >= 0.3 is 6.09 Å². The minimum absolute atomic E-state index is 0.0437. The smallest absolute Gasteiger partial charge is 0.409 e. The van der Waals surface area contributed by atoms with Crippen molar-refractivity contribution in [3.8, 4) is 0 Å². The van der Waals surface area contributed by atoms with Gasteiger partial charge in [0.25, 0.3) is 5.91 Å². The third-order valence-corrected chi connectivity index (χ3v) is 6.22. The second-order valence-electron chi connectivity index (χ2n) is 6.86. The van der Waals surface area contributed by atoms with Gasteiger partial charge in [0.2, 0.25) is 10.0 Å². The Bertz CT molecular complexity index is 949. The number of sulfonamides is 1. The third kappa shape index (κ3) is 5.61. The first-order valence-corrected chi connectivity index (χ1v) is 11.2. The lowest BCUT2D eigenvalue weighted by Gasteiger charge is -2.31. The number of nitrogens with zero attached hydrogens (tertiary/aromatic N) is 1. The molecule has 0 bridgehead atoms. The van der Waals surface area contributed by atoms with E-state index in [-0.39, 0.29) is 29.5 Å². The van der Waals surface area contributed by atoms with Crippen LogP contribution in [-0.2, 0) is 21.3 Å². The van der Waals surface area contributed by atoms with Crippen molar-refractivity contribution in [3.63, 3.8) is 0 Å². The third-order valence-electron chi connectivity index (χ3n) is 4.80. The summed E-state index contributed by atoms with van der Waals surface area (Å²) >= 11 is 0. The molecule has 0 spiro atoms. The van der Waals surface area contributed by atoms with E-state index < -0.39 is 10.0 Å². The molecule has 9 nitrogen and oxygen atoms in total. The molecule has 1 aromatic carbocycles. The van der Waals surface area contributed by atoms with Crippen molar-refractivity contribution in [2.45, 2.75) is 37.2 Å². The molecule has 0 saturated carbocycles. The Morgan fingerprint density at radius 2 is 1.87 bits per heavy atom. The van der Waals surface area contributed by atoms with Gasteiger partial charge in [-0.15, -0.1) is 0 Å². The minimum Gasteiger partial charge on any atom is -0.468 e. The maximum Gasteiger partial charge on any atom is 0.409 e. The van der Waals surface area contributed by atoms with E-state index in [2.05, 4.69) is 10.0 Å². The average molecular weight is 436 g/mol. The molecule has 10 heteroatoms. The molecule has 0 aliphatic carbocycles. The van der Waals surface area contributed by atoms with Crippen molar-refractivity contribution in [2.75, 3.05) is 19.7 Å². The zero-order valence-electron chi connectivity index (χ0n) is 16.7. The first kappa shape index (κ1) is 21.8. The molecule has 0 atom stereocenters. The predicted octanol–water partition coefficient (Wildman–Crippen LogP) is 2.11. The van der Waals surface area contributed by atoms with Crippen LogP contribution in [0.4, 0.5) is 4.79 Å². The summed E-state index contributed by atoms with van der Waals surface area (Å²) in [5, 5.41) is 2.93. The topological polar surface area (TPSA) is 118 Å². The lowest BCUT2D eigenvalue weighted by molar-refractivity contribution is 0.0860. The highest BCUT2D eigenvalue weighted by Gasteiger charge is 2.25. The summed E-state index contributed by atoms with van der Waals surface area (Å²) in [6, 6.07) is 9.03. The second kappa shape index (κ2) is 9.77. The number of nitrogens with one attached hydrogen (secondary N) is 2. The van der Waals surface area contributed by atoms with E-state index in [1.54, 1.807) is 24.0 Å². The quantitative estimate of drug-likeness (QED) is 0.688. The molecule has 0 unspecified atom stereocenters. The molecule has 2 N–H and O–H groups in total. The van der Waals surface area contributed by atoms with Crippen LogP contribution in [0.1, 0.15) is 35.9 Å². The van der Waals surface area contributed by atoms with E-state index in [0.29, 0.717) is 43.9 Å². The summed E-state index contributed by atoms with van der Waals surface area (Å²) < 4.78 is 37.3. The van der Waals surface area contributed by atoms with Crippen LogP contribution in [0.5, 0.6) is 0 Å². The first-order chi connectivity index (χ1) is 14.4. The van der Waals surface area contributed by atoms with Crippen LogP contribution in [-0.4, -0.2) is 51.1 Å². The minimum atomic E-state index is -3.72. The summed E-state index contributed by atoms with van der Waals surface area (Å²) in [7, 11) is -3.72. The molecular weight excluding hydrogens is 410 g/mol. The molecule has 162 valence electrons. The van der Waals surface area contributed by atoms with Crippen LogP contribution < -0.4 is 10.0 Å². The second-order valence-corrected chi connectivity index (χ2v) is 8.63. The number of carbonyl (C=O) groups excluding carboxylic acids is 2. The SMILES string of the molecule is CCOC(=O)N1CCC(NC(=O)c2ccc(S(=O)(=O)NCc3ccco3)cc2)CC1. The summed E-state index contributed by atoms with van der Waals surface area (Å²) in [5.41, 5.74) is 0.368. The zero-order chi connectivity index (χ0) is 21.6. The molecule has 3 rings (SSSR count). The van der Waals surface area contributed by atoms with Crippen molar-refractivity contribution in [1.29, 1.82) is 0 Å². The fourth-order valence-corrected chi connectivity index (χ4v) is 4.13. The summed E-state index contributed by atoms with van der Waals surface area (Å²) in [6.45, 7) is 3.17. The van der Waals surface area contributed by atoms with E-state index in [0.717, 1.165) is 0 Å². The van der Waals surface area contributed by atoms with Crippen molar-refractivity contribution < 1.29 is 27.2 Å². The molecule has 1 aliphatic rings. The first-order valence-electron chi connectivity index (χ1n) is 9.73. The van der Waals surface area contributed by atoms with Crippen molar-refractivity contribution in [2.24, 2.45) is 0 Å². The summed E-state index contributed by atoms with van der Waals surface area (Å²) in [4.78, 5) is 25.9. The van der Waals surface area contributed by atoms with Gasteiger partial charge in [-0.3, -0.25) is 4.79 Å². The van der Waals surface area contributed by atoms with Gasteiger partial charge in [0.05, 0.1) is 24.3 Å². The van der Waals surface area contributed by atoms with Gasteiger partial charge in [-0.25, -0.2) is 17.9 Å². The molecule has 30 heavy (non-hydrogen) atoms. The van der Waals surface area contributed by atoms with Crippen LogP contribution >= 0.6 is 0 Å². The van der Waals surface area contributed by atoms with Crippen LogP contribution in [0.2, 0.25) is 0 Å². The maximum absolute atomic E-state index is 12.5. The lowest BCUT2D eigenvalue weighted by Crippen LogP contribution is -2.46. The van der Waals surface area contributed by atoms with Gasteiger partial charge in [-0.05, 0) is 56.2 Å². The number of amides is 2. The molecule has 2 amide bonds. The number of likely N-dealkylation sites (tertiary alicyclic amines) is 1. The molecule has 2 heterocycles. The predicted molar refractivity (Wildman–Crippen MR) is 108 cm³/mol. The number of ether oxygens (including phenoxy) is 1. The number of hydrogen-bond donors (Lipinski definition) is 2. The fourth-order valence-electron chi connectivity index (χ4n) is 3.14. The zero-order valence-corrected chi connectivity index (χ0v) is 17.5. The van der Waals surface area contributed by atoms with Crippen molar-refractivity contribution >= 4 is 22.0 Å². The molecule has 1 aromatic heterocycles. The van der Waals surface area contributed by atoms with Crippen molar-refractivity contribution in [3.05, 3.63) is 54.0 Å². The standard InChI is InChI=1S/C20H25N3O6S/c1-2-28-20(25)23-11-9-16(10-12-23)22-19(24)15-5-7-18(8-6-15)30(26,27)21-14-17-4-3-13-29-17/h3-8,13,16,21H,2,9-12,14H2,1H3,(H,22,24). The Morgan fingerprint density at radius 3 is 2.47 bits per heavy atom. The molecule has 1 aliphatic heterocycles. The highest BCUT2D eigenvalue weighted by Crippen LogP contribution is 2.15. The number of furan rings is 1. The normalized spacial score (nSPS) is 15.0. The number of piperidine rings is 1. The largest absolute Gasteiger partial charge is 0.468 e. The summed E-state index contributed by atoms with van der Waals surface area (Å²) in [5.74, 6) is 0.223. The number of carbonyl (C=O) groups is 2. The van der Waals surface area contributed by atoms with Gasteiger partial charge in [0.15, 0.2) is 0 Å². The number of hydrogen-bond acceptors (Lipinski definition) is 6. The number of rotatable bonds is 7. The Hall–Kier alpha value is -2.85. The van der Waals surface area contributed by atoms with Crippen LogP contribution in [0.15, 0.2) is 52.0 Å². The molecule has 2 aromatic rings. The van der Waals surface area contributed by atoms with E-state index in [1.165, 1.54) is 30.5 Å². The van der Waals surface area contributed by atoms with Crippen LogP contribution in [0, 0.1) is 0 Å². The van der Waals surface area contributed by atoms with Gasteiger partial charge < -0.3 is 19.4 Å². The van der Waals surface area contributed by atoms with E-state index in [4.69, 9.17) is 9.15 Å². The fraction of sp³-hybridized carbons (Fsp3) is 0.400. The Balaban J connectivity index is 1.52. The lowest BCUT2D eigenvalue weighted by atomic mass is 10.0. The highest BCUT2D eigenvalue weighted by molar-refractivity contribution is 7.89. The molecular formula is C20H25N3O6S.